The number of ether oxygens (including phenoxy) is 2. The normalized spacial score (nSPS) is 16.7. The van der Waals surface area contributed by atoms with Crippen LogP contribution in [0.1, 0.15) is 15.9 Å². The highest BCUT2D eigenvalue weighted by atomic mass is 32.2. The van der Waals surface area contributed by atoms with Crippen molar-refractivity contribution in [3.8, 4) is 11.5 Å². The summed E-state index contributed by atoms with van der Waals surface area (Å²) < 4.78 is 10.5. The molecule has 1 fully saturated rings. The molecule has 0 unspecified atom stereocenters. The number of rotatable bonds is 5. The van der Waals surface area contributed by atoms with E-state index in [1.165, 1.54) is 28.8 Å². The van der Waals surface area contributed by atoms with Gasteiger partial charge in [0.25, 0.3) is 5.91 Å². The number of nitrogens with zero attached hydrogens (tertiary/aromatic N) is 2. The van der Waals surface area contributed by atoms with Crippen molar-refractivity contribution in [2.45, 2.75) is 0 Å². The van der Waals surface area contributed by atoms with Crippen molar-refractivity contribution < 1.29 is 24.2 Å². The van der Waals surface area contributed by atoms with Crippen LogP contribution in [0.5, 0.6) is 11.5 Å². The molecule has 1 heterocycles. The SMILES string of the molecule is COc1ccc(/C=C2/SC(=Nc3ccc(C(=O)O)cc3)N(C)C2=O)cc1OC. The van der Waals surface area contributed by atoms with Gasteiger partial charge in [0.15, 0.2) is 16.7 Å². The Labute approximate surface area is 166 Å². The summed E-state index contributed by atoms with van der Waals surface area (Å²) in [7, 11) is 4.76. The summed E-state index contributed by atoms with van der Waals surface area (Å²) >= 11 is 1.25. The lowest BCUT2D eigenvalue weighted by molar-refractivity contribution is -0.121. The molecule has 1 amide bonds. The fourth-order valence-electron chi connectivity index (χ4n) is 2.53. The van der Waals surface area contributed by atoms with Crippen molar-refractivity contribution in [3.05, 3.63) is 58.5 Å². The van der Waals surface area contributed by atoms with Crippen LogP contribution in [-0.2, 0) is 4.79 Å². The number of carboxylic acid groups (broad SMARTS) is 1. The number of carbonyl (C=O) groups is 2. The average molecular weight is 398 g/mol. The van der Waals surface area contributed by atoms with E-state index in [1.807, 2.05) is 6.07 Å². The van der Waals surface area contributed by atoms with Crippen molar-refractivity contribution in [1.82, 2.24) is 4.90 Å². The molecule has 1 aliphatic rings. The zero-order valence-electron chi connectivity index (χ0n) is 15.5. The second kappa shape index (κ2) is 8.18. The monoisotopic (exact) mass is 398 g/mol. The molecular weight excluding hydrogens is 380 g/mol. The molecule has 1 aliphatic heterocycles. The number of hydrogen-bond acceptors (Lipinski definition) is 6. The highest BCUT2D eigenvalue weighted by Gasteiger charge is 2.30. The summed E-state index contributed by atoms with van der Waals surface area (Å²) in [5.74, 6) is 0.0230. The first-order valence-corrected chi connectivity index (χ1v) is 9.06. The first-order chi connectivity index (χ1) is 13.4. The molecule has 7 nitrogen and oxygen atoms in total. The van der Waals surface area contributed by atoms with E-state index in [4.69, 9.17) is 14.6 Å². The Bertz CT molecular complexity index is 983. The van der Waals surface area contributed by atoms with Gasteiger partial charge < -0.3 is 14.6 Å². The fourth-order valence-corrected chi connectivity index (χ4v) is 3.52. The van der Waals surface area contributed by atoms with E-state index in [2.05, 4.69) is 4.99 Å². The number of thioether (sulfide) groups is 1. The number of benzene rings is 2. The largest absolute Gasteiger partial charge is 0.493 e. The molecule has 8 heteroatoms. The molecule has 2 aromatic carbocycles. The summed E-state index contributed by atoms with van der Waals surface area (Å²) in [4.78, 5) is 29.9. The average Bonchev–Trinajstić information content (AvgIpc) is 2.96. The Balaban J connectivity index is 1.86. The van der Waals surface area contributed by atoms with Crippen molar-refractivity contribution in [2.75, 3.05) is 21.3 Å². The van der Waals surface area contributed by atoms with Gasteiger partial charge in [-0.05, 0) is 59.8 Å². The van der Waals surface area contributed by atoms with E-state index in [-0.39, 0.29) is 11.5 Å². The van der Waals surface area contributed by atoms with Crippen LogP contribution in [0, 0.1) is 0 Å². The van der Waals surface area contributed by atoms with Gasteiger partial charge >= 0.3 is 5.97 Å². The van der Waals surface area contributed by atoms with E-state index >= 15 is 0 Å². The van der Waals surface area contributed by atoms with Gasteiger partial charge in [-0.15, -0.1) is 0 Å². The molecule has 1 N–H and O–H groups in total. The molecular formula is C20H18N2O5S. The lowest BCUT2D eigenvalue weighted by Crippen LogP contribution is -2.23. The van der Waals surface area contributed by atoms with Crippen LogP contribution in [-0.4, -0.2) is 48.3 Å². The molecule has 0 bridgehead atoms. The molecule has 28 heavy (non-hydrogen) atoms. The molecule has 0 saturated carbocycles. The highest BCUT2D eigenvalue weighted by Crippen LogP contribution is 2.35. The van der Waals surface area contributed by atoms with Crippen LogP contribution in [0.15, 0.2) is 52.4 Å². The smallest absolute Gasteiger partial charge is 0.335 e. The number of aliphatic imine (C=N–C) groups is 1. The van der Waals surface area contributed by atoms with Gasteiger partial charge in [0.2, 0.25) is 0 Å². The minimum absolute atomic E-state index is 0.166. The van der Waals surface area contributed by atoms with Crippen molar-refractivity contribution in [2.24, 2.45) is 4.99 Å². The van der Waals surface area contributed by atoms with Gasteiger partial charge in [0, 0.05) is 7.05 Å². The van der Waals surface area contributed by atoms with Gasteiger partial charge in [-0.25, -0.2) is 9.79 Å². The Kier molecular flexibility index (Phi) is 5.70. The number of aromatic carboxylic acids is 1. The molecule has 0 aromatic heterocycles. The molecule has 0 spiro atoms. The number of amidine groups is 1. The standard InChI is InChI=1S/C20H18N2O5S/c1-22-18(23)17(11-12-4-9-15(26-2)16(10-12)27-3)28-20(22)21-14-7-5-13(6-8-14)19(24)25/h4-11H,1-3H3,(H,24,25)/b17-11+,21-20?. The Morgan fingerprint density at radius 2 is 1.79 bits per heavy atom. The Morgan fingerprint density at radius 1 is 1.11 bits per heavy atom. The van der Waals surface area contributed by atoms with Crippen LogP contribution in [0.25, 0.3) is 6.08 Å². The third kappa shape index (κ3) is 4.01. The Morgan fingerprint density at radius 3 is 2.39 bits per heavy atom. The van der Waals surface area contributed by atoms with Gasteiger partial charge in [-0.1, -0.05) is 6.07 Å². The number of carbonyl (C=O) groups excluding carboxylic acids is 1. The van der Waals surface area contributed by atoms with E-state index in [0.29, 0.717) is 27.3 Å². The maximum Gasteiger partial charge on any atom is 0.335 e. The molecule has 144 valence electrons. The lowest BCUT2D eigenvalue weighted by atomic mass is 10.2. The summed E-state index contributed by atoms with van der Waals surface area (Å²) in [5.41, 5.74) is 1.55. The topological polar surface area (TPSA) is 88.4 Å². The van der Waals surface area contributed by atoms with Crippen molar-refractivity contribution in [1.29, 1.82) is 0 Å². The molecule has 0 radical (unpaired) electrons. The van der Waals surface area contributed by atoms with E-state index < -0.39 is 5.97 Å². The quantitative estimate of drug-likeness (QED) is 0.774. The van der Waals surface area contributed by atoms with Gasteiger partial charge in [0.05, 0.1) is 30.4 Å². The third-order valence-corrected chi connectivity index (χ3v) is 5.11. The molecule has 0 atom stereocenters. The summed E-state index contributed by atoms with van der Waals surface area (Å²) in [6.45, 7) is 0. The number of methoxy groups -OCH3 is 2. The minimum atomic E-state index is -0.998. The van der Waals surface area contributed by atoms with Gasteiger partial charge in [-0.2, -0.15) is 0 Å². The molecule has 3 rings (SSSR count). The van der Waals surface area contributed by atoms with Crippen molar-refractivity contribution in [3.63, 3.8) is 0 Å². The number of carboxylic acids is 1. The maximum atomic E-state index is 12.6. The molecule has 0 aliphatic carbocycles. The van der Waals surface area contributed by atoms with Crippen LogP contribution >= 0.6 is 11.8 Å². The molecule has 1 saturated heterocycles. The molecule has 2 aromatic rings. The van der Waals surface area contributed by atoms with Gasteiger partial charge in [0.1, 0.15) is 0 Å². The number of hydrogen-bond donors (Lipinski definition) is 1. The third-order valence-electron chi connectivity index (χ3n) is 4.05. The zero-order chi connectivity index (χ0) is 20.3. The van der Waals surface area contributed by atoms with Crippen LogP contribution in [0.4, 0.5) is 5.69 Å². The fraction of sp³-hybridized carbons (Fsp3) is 0.150. The summed E-state index contributed by atoms with van der Waals surface area (Å²) in [6.07, 6.45) is 1.77. The van der Waals surface area contributed by atoms with Crippen LogP contribution < -0.4 is 9.47 Å². The lowest BCUT2D eigenvalue weighted by Gasteiger charge is -2.08. The first-order valence-electron chi connectivity index (χ1n) is 8.24. The predicted molar refractivity (Wildman–Crippen MR) is 108 cm³/mol. The summed E-state index contributed by atoms with van der Waals surface area (Å²) in [5, 5.41) is 9.48. The van der Waals surface area contributed by atoms with E-state index in [0.717, 1.165) is 5.56 Å². The summed E-state index contributed by atoms with van der Waals surface area (Å²) in [6, 6.07) is 11.6. The Hall–Kier alpha value is -3.26. The maximum absolute atomic E-state index is 12.6. The van der Waals surface area contributed by atoms with Crippen molar-refractivity contribution >= 4 is 40.6 Å². The second-order valence-corrected chi connectivity index (χ2v) is 6.84. The van der Waals surface area contributed by atoms with Gasteiger partial charge in [-0.3, -0.25) is 9.69 Å². The zero-order valence-corrected chi connectivity index (χ0v) is 16.3. The second-order valence-electron chi connectivity index (χ2n) is 5.84. The van der Waals surface area contributed by atoms with Crippen LogP contribution in [0.3, 0.4) is 0 Å². The highest BCUT2D eigenvalue weighted by molar-refractivity contribution is 8.18. The predicted octanol–water partition coefficient (Wildman–Crippen LogP) is 3.64. The van der Waals surface area contributed by atoms with E-state index in [1.54, 1.807) is 51.6 Å². The van der Waals surface area contributed by atoms with E-state index in [9.17, 15) is 9.59 Å². The first kappa shape index (κ1) is 19.5. The van der Waals surface area contributed by atoms with Crippen LogP contribution in [0.2, 0.25) is 0 Å². The number of likely N-dealkylation sites (N-methyl/N-ethyl adjacent to an activating group) is 1. The number of amides is 1. The minimum Gasteiger partial charge on any atom is -0.493 e.